The fourth-order valence-corrected chi connectivity index (χ4v) is 2.71. The molecule has 0 aromatic heterocycles. The number of carbonyl (C=O) groups excluding carboxylic acids is 1. The van der Waals surface area contributed by atoms with Gasteiger partial charge in [-0.2, -0.15) is 0 Å². The van der Waals surface area contributed by atoms with Crippen molar-refractivity contribution in [2.45, 2.75) is 31.7 Å². The standard InChI is InChI=1S/C9H15NO2.Na/c11-9(12)5-10-8-4-6-1-2-7(8)3-6;/h6-8,10H,1-5H2,(H,11,12);/q;+1/p-1/t6-,7+,8+;/m0./s1. The van der Waals surface area contributed by atoms with Gasteiger partial charge in [0, 0.05) is 12.6 Å². The number of nitrogens with one attached hydrogen (secondary N) is 1. The SMILES string of the molecule is O=C([O-])CN[C@@H]1C[C@H]2CC[C@@H]1C2.[Na+]. The molecule has 0 spiro atoms. The number of carbonyl (C=O) groups is 1. The minimum atomic E-state index is -0.988. The second-order valence-corrected chi connectivity index (χ2v) is 4.03. The number of carboxylic acids is 1. The Morgan fingerprint density at radius 3 is 2.62 bits per heavy atom. The van der Waals surface area contributed by atoms with Gasteiger partial charge in [0.05, 0.1) is 5.97 Å². The number of hydrogen-bond acceptors (Lipinski definition) is 3. The zero-order valence-electron chi connectivity index (χ0n) is 8.08. The van der Waals surface area contributed by atoms with Gasteiger partial charge in [-0.05, 0) is 31.1 Å². The molecule has 0 aromatic carbocycles. The molecule has 2 aliphatic rings. The topological polar surface area (TPSA) is 52.2 Å². The summed E-state index contributed by atoms with van der Waals surface area (Å²) in [6, 6.07) is 0.460. The summed E-state index contributed by atoms with van der Waals surface area (Å²) in [6.45, 7) is 0.0217. The van der Waals surface area contributed by atoms with Crippen LogP contribution in [-0.2, 0) is 4.79 Å². The Kier molecular flexibility index (Phi) is 4.23. The molecular formula is C9H14NNaO2. The summed E-state index contributed by atoms with van der Waals surface area (Å²) in [4.78, 5) is 10.2. The van der Waals surface area contributed by atoms with Crippen LogP contribution >= 0.6 is 0 Å². The van der Waals surface area contributed by atoms with Crippen LogP contribution in [0.4, 0.5) is 0 Å². The van der Waals surface area contributed by atoms with Gasteiger partial charge in [-0.15, -0.1) is 0 Å². The maximum absolute atomic E-state index is 10.2. The number of aliphatic carboxylic acids is 1. The van der Waals surface area contributed by atoms with Crippen LogP contribution in [0.25, 0.3) is 0 Å². The molecule has 68 valence electrons. The summed E-state index contributed by atoms with van der Waals surface area (Å²) in [5, 5.41) is 13.2. The van der Waals surface area contributed by atoms with Crippen molar-refractivity contribution in [2.24, 2.45) is 11.8 Å². The molecule has 2 fully saturated rings. The second kappa shape index (κ2) is 4.78. The summed E-state index contributed by atoms with van der Waals surface area (Å²) < 4.78 is 0. The van der Waals surface area contributed by atoms with E-state index in [0.717, 1.165) is 11.8 Å². The summed E-state index contributed by atoms with van der Waals surface area (Å²) >= 11 is 0. The molecule has 0 radical (unpaired) electrons. The second-order valence-electron chi connectivity index (χ2n) is 4.03. The van der Waals surface area contributed by atoms with E-state index in [1.807, 2.05) is 0 Å². The monoisotopic (exact) mass is 191 g/mol. The van der Waals surface area contributed by atoms with Gasteiger partial charge < -0.3 is 15.2 Å². The minimum absolute atomic E-state index is 0. The first kappa shape index (κ1) is 11.5. The zero-order chi connectivity index (χ0) is 8.55. The van der Waals surface area contributed by atoms with Gasteiger partial charge in [-0.1, -0.05) is 6.42 Å². The molecule has 2 aliphatic carbocycles. The van der Waals surface area contributed by atoms with E-state index in [1.165, 1.54) is 25.7 Å². The molecule has 2 saturated carbocycles. The van der Waals surface area contributed by atoms with Crippen molar-refractivity contribution < 1.29 is 39.5 Å². The van der Waals surface area contributed by atoms with Gasteiger partial charge in [-0.3, -0.25) is 0 Å². The van der Waals surface area contributed by atoms with E-state index in [0.29, 0.717) is 6.04 Å². The third-order valence-corrected chi connectivity index (χ3v) is 3.25. The van der Waals surface area contributed by atoms with E-state index in [1.54, 1.807) is 0 Å². The Bertz CT molecular complexity index is 198. The van der Waals surface area contributed by atoms with E-state index in [-0.39, 0.29) is 36.1 Å². The fourth-order valence-electron chi connectivity index (χ4n) is 2.71. The first-order valence-corrected chi connectivity index (χ1v) is 4.69. The summed E-state index contributed by atoms with van der Waals surface area (Å²) in [5.41, 5.74) is 0. The van der Waals surface area contributed by atoms with Gasteiger partial charge in [-0.25, -0.2) is 0 Å². The molecule has 0 heterocycles. The molecule has 0 amide bonds. The molecule has 13 heavy (non-hydrogen) atoms. The van der Waals surface area contributed by atoms with Gasteiger partial charge in [0.25, 0.3) is 0 Å². The van der Waals surface area contributed by atoms with Gasteiger partial charge >= 0.3 is 29.6 Å². The maximum Gasteiger partial charge on any atom is 1.00 e. The third-order valence-electron chi connectivity index (χ3n) is 3.25. The van der Waals surface area contributed by atoms with Crippen molar-refractivity contribution in [3.05, 3.63) is 0 Å². The van der Waals surface area contributed by atoms with Crippen LogP contribution in [0, 0.1) is 11.8 Å². The molecule has 2 rings (SSSR count). The van der Waals surface area contributed by atoms with Crippen LogP contribution in [0.2, 0.25) is 0 Å². The summed E-state index contributed by atoms with van der Waals surface area (Å²) in [6.07, 6.45) is 5.13. The van der Waals surface area contributed by atoms with Crippen LogP contribution in [0.3, 0.4) is 0 Å². The van der Waals surface area contributed by atoms with Crippen molar-refractivity contribution in [3.8, 4) is 0 Å². The first-order valence-electron chi connectivity index (χ1n) is 4.69. The van der Waals surface area contributed by atoms with Crippen molar-refractivity contribution in [1.82, 2.24) is 5.32 Å². The molecule has 3 atom stereocenters. The molecule has 0 unspecified atom stereocenters. The average Bonchev–Trinajstić information content (AvgIpc) is 2.60. The van der Waals surface area contributed by atoms with Crippen molar-refractivity contribution in [1.29, 1.82) is 0 Å². The Morgan fingerprint density at radius 2 is 2.15 bits per heavy atom. The Labute approximate surface area is 101 Å². The number of fused-ring (bicyclic) bond motifs is 2. The molecule has 4 heteroatoms. The van der Waals surface area contributed by atoms with Crippen LogP contribution in [0.1, 0.15) is 25.7 Å². The van der Waals surface area contributed by atoms with Gasteiger partial charge in [0.1, 0.15) is 0 Å². The van der Waals surface area contributed by atoms with Crippen LogP contribution < -0.4 is 40.0 Å². The minimum Gasteiger partial charge on any atom is -0.549 e. The van der Waals surface area contributed by atoms with E-state index in [9.17, 15) is 9.90 Å². The van der Waals surface area contributed by atoms with E-state index in [2.05, 4.69) is 5.32 Å². The van der Waals surface area contributed by atoms with Gasteiger partial charge in [0.15, 0.2) is 0 Å². The Hall–Kier alpha value is 0.430. The van der Waals surface area contributed by atoms with E-state index < -0.39 is 5.97 Å². The van der Waals surface area contributed by atoms with E-state index in [4.69, 9.17) is 0 Å². The quantitative estimate of drug-likeness (QED) is 0.471. The van der Waals surface area contributed by atoms with Crippen molar-refractivity contribution >= 4 is 5.97 Å². The maximum atomic E-state index is 10.2. The van der Waals surface area contributed by atoms with Crippen molar-refractivity contribution in [3.63, 3.8) is 0 Å². The summed E-state index contributed by atoms with van der Waals surface area (Å²) in [5.74, 6) is 0.626. The third kappa shape index (κ3) is 2.69. The van der Waals surface area contributed by atoms with Crippen LogP contribution in [0.5, 0.6) is 0 Å². The van der Waals surface area contributed by atoms with E-state index >= 15 is 0 Å². The molecule has 3 nitrogen and oxygen atoms in total. The molecule has 0 aliphatic heterocycles. The zero-order valence-corrected chi connectivity index (χ0v) is 10.1. The molecular weight excluding hydrogens is 177 g/mol. The number of carboxylic acid groups (broad SMARTS) is 1. The normalized spacial score (nSPS) is 35.8. The smallest absolute Gasteiger partial charge is 0.549 e. The van der Waals surface area contributed by atoms with Gasteiger partial charge in [0.2, 0.25) is 0 Å². The number of hydrogen-bond donors (Lipinski definition) is 1. The first-order chi connectivity index (χ1) is 5.75. The van der Waals surface area contributed by atoms with Crippen molar-refractivity contribution in [2.75, 3.05) is 6.54 Å². The predicted octanol–water partition coefficient (Wildman–Crippen LogP) is -3.48. The molecule has 1 N–H and O–H groups in total. The largest absolute Gasteiger partial charge is 1.00 e. The fraction of sp³-hybridized carbons (Fsp3) is 0.889. The van der Waals surface area contributed by atoms with Crippen LogP contribution in [0.15, 0.2) is 0 Å². The average molecular weight is 191 g/mol. The Morgan fingerprint density at radius 1 is 1.38 bits per heavy atom. The molecule has 0 aromatic rings. The Balaban J connectivity index is 0.000000845. The number of rotatable bonds is 3. The predicted molar refractivity (Wildman–Crippen MR) is 42.2 cm³/mol. The molecule has 2 bridgehead atoms. The molecule has 0 saturated heterocycles. The summed E-state index contributed by atoms with van der Waals surface area (Å²) in [7, 11) is 0. The van der Waals surface area contributed by atoms with Crippen LogP contribution in [-0.4, -0.2) is 18.6 Å².